The number of rotatable bonds is 3. The van der Waals surface area contributed by atoms with Gasteiger partial charge in [0.05, 0.1) is 10.0 Å². The molecular weight excluding hydrogens is 322 g/mol. The molecule has 0 heterocycles. The van der Waals surface area contributed by atoms with Crippen LogP contribution in [0.2, 0.25) is 15.1 Å². The summed E-state index contributed by atoms with van der Waals surface area (Å²) in [6.45, 7) is 0. The molecule has 2 aromatic carbocycles. The van der Waals surface area contributed by atoms with Gasteiger partial charge in [0, 0.05) is 16.1 Å². The highest BCUT2D eigenvalue weighted by Gasteiger charge is 2.09. The van der Waals surface area contributed by atoms with Crippen LogP contribution in [0.3, 0.4) is 0 Å². The number of ketones is 1. The molecule has 0 aliphatic carbocycles. The Morgan fingerprint density at radius 3 is 2.45 bits per heavy atom. The minimum absolute atomic E-state index is 0.160. The standard InChI is InChI=1S/C15H8Cl3FO/c16-9-4-5-11(13(18)8-9)15(20)7-6-10-12(17)2-1-3-14(10)19/h1-8H/b7-6+. The maximum absolute atomic E-state index is 13.5. The fourth-order valence-electron chi connectivity index (χ4n) is 1.61. The lowest BCUT2D eigenvalue weighted by molar-refractivity contribution is 0.104. The third kappa shape index (κ3) is 3.40. The zero-order valence-electron chi connectivity index (χ0n) is 10.0. The van der Waals surface area contributed by atoms with Crippen LogP contribution in [0.15, 0.2) is 42.5 Å². The van der Waals surface area contributed by atoms with Crippen LogP contribution in [0, 0.1) is 5.82 Å². The fraction of sp³-hybridized carbons (Fsp3) is 0. The minimum Gasteiger partial charge on any atom is -0.289 e. The van der Waals surface area contributed by atoms with Gasteiger partial charge in [0.1, 0.15) is 5.82 Å². The highest BCUT2D eigenvalue weighted by molar-refractivity contribution is 6.37. The van der Waals surface area contributed by atoms with Gasteiger partial charge in [0.15, 0.2) is 5.78 Å². The lowest BCUT2D eigenvalue weighted by Crippen LogP contribution is -1.95. The number of hydrogen-bond acceptors (Lipinski definition) is 1. The van der Waals surface area contributed by atoms with Gasteiger partial charge in [0.2, 0.25) is 0 Å². The zero-order valence-corrected chi connectivity index (χ0v) is 12.3. The van der Waals surface area contributed by atoms with E-state index in [2.05, 4.69) is 0 Å². The molecule has 0 aliphatic rings. The van der Waals surface area contributed by atoms with E-state index >= 15 is 0 Å². The lowest BCUT2D eigenvalue weighted by Gasteiger charge is -2.01. The molecule has 0 saturated heterocycles. The summed E-state index contributed by atoms with van der Waals surface area (Å²) < 4.78 is 13.5. The van der Waals surface area contributed by atoms with E-state index in [1.165, 1.54) is 36.4 Å². The first-order valence-electron chi connectivity index (χ1n) is 5.60. The quantitative estimate of drug-likeness (QED) is 0.523. The van der Waals surface area contributed by atoms with Crippen LogP contribution in [0.1, 0.15) is 15.9 Å². The molecule has 102 valence electrons. The topological polar surface area (TPSA) is 17.1 Å². The van der Waals surface area contributed by atoms with Gasteiger partial charge in [-0.1, -0.05) is 40.9 Å². The van der Waals surface area contributed by atoms with Crippen LogP contribution < -0.4 is 0 Å². The van der Waals surface area contributed by atoms with Crippen LogP contribution in [0.4, 0.5) is 4.39 Å². The largest absolute Gasteiger partial charge is 0.289 e. The molecule has 0 spiro atoms. The van der Waals surface area contributed by atoms with Crippen molar-refractivity contribution < 1.29 is 9.18 Å². The van der Waals surface area contributed by atoms with Gasteiger partial charge >= 0.3 is 0 Å². The van der Waals surface area contributed by atoms with Crippen LogP contribution in [-0.2, 0) is 0 Å². The van der Waals surface area contributed by atoms with Crippen molar-refractivity contribution >= 4 is 46.7 Å². The Kier molecular flexibility index (Phi) is 4.81. The number of carbonyl (C=O) groups is 1. The van der Waals surface area contributed by atoms with Crippen molar-refractivity contribution in [1.82, 2.24) is 0 Å². The van der Waals surface area contributed by atoms with Gasteiger partial charge in [-0.15, -0.1) is 0 Å². The molecule has 5 heteroatoms. The average molecular weight is 330 g/mol. The van der Waals surface area contributed by atoms with Gasteiger partial charge < -0.3 is 0 Å². The molecular formula is C15H8Cl3FO. The third-order valence-electron chi connectivity index (χ3n) is 2.60. The highest BCUT2D eigenvalue weighted by Crippen LogP contribution is 2.23. The number of benzene rings is 2. The molecule has 0 N–H and O–H groups in total. The molecule has 0 aromatic heterocycles. The van der Waals surface area contributed by atoms with E-state index < -0.39 is 5.82 Å². The molecule has 0 aliphatic heterocycles. The Labute approximate surface area is 130 Å². The second kappa shape index (κ2) is 6.40. The van der Waals surface area contributed by atoms with Crippen molar-refractivity contribution in [1.29, 1.82) is 0 Å². The molecule has 20 heavy (non-hydrogen) atoms. The van der Waals surface area contributed by atoms with E-state index in [1.807, 2.05) is 0 Å². The maximum atomic E-state index is 13.5. The number of hydrogen-bond donors (Lipinski definition) is 0. The molecule has 0 fully saturated rings. The molecule has 0 bridgehead atoms. The first-order chi connectivity index (χ1) is 9.49. The van der Waals surface area contributed by atoms with E-state index in [-0.39, 0.29) is 21.4 Å². The second-order valence-corrected chi connectivity index (χ2v) is 5.21. The number of halogens is 4. The maximum Gasteiger partial charge on any atom is 0.187 e. The van der Waals surface area contributed by atoms with Crippen molar-refractivity contribution in [3.05, 3.63) is 74.5 Å². The first kappa shape index (κ1) is 15.0. The summed E-state index contributed by atoms with van der Waals surface area (Å²) >= 11 is 17.5. The summed E-state index contributed by atoms with van der Waals surface area (Å²) in [4.78, 5) is 12.0. The number of carbonyl (C=O) groups excluding carboxylic acids is 1. The fourth-order valence-corrected chi connectivity index (χ4v) is 2.34. The normalized spacial score (nSPS) is 11.0. The Morgan fingerprint density at radius 2 is 1.80 bits per heavy atom. The van der Waals surface area contributed by atoms with E-state index in [4.69, 9.17) is 34.8 Å². The van der Waals surface area contributed by atoms with E-state index in [0.717, 1.165) is 0 Å². The predicted octanol–water partition coefficient (Wildman–Crippen LogP) is 5.68. The monoisotopic (exact) mass is 328 g/mol. The lowest BCUT2D eigenvalue weighted by atomic mass is 10.1. The Hall–Kier alpha value is -1.35. The van der Waals surface area contributed by atoms with Gasteiger partial charge in [-0.3, -0.25) is 4.79 Å². The van der Waals surface area contributed by atoms with Gasteiger partial charge in [-0.2, -0.15) is 0 Å². The predicted molar refractivity (Wildman–Crippen MR) is 81.2 cm³/mol. The minimum atomic E-state index is -0.497. The molecule has 0 radical (unpaired) electrons. The van der Waals surface area contributed by atoms with E-state index in [1.54, 1.807) is 12.1 Å². The van der Waals surface area contributed by atoms with Crippen molar-refractivity contribution in [3.8, 4) is 0 Å². The summed E-state index contributed by atoms with van der Waals surface area (Å²) in [5.41, 5.74) is 0.451. The SMILES string of the molecule is O=C(/C=C/c1c(F)cccc1Cl)c1ccc(Cl)cc1Cl. The molecule has 0 amide bonds. The molecule has 2 aromatic rings. The molecule has 2 rings (SSSR count). The van der Waals surface area contributed by atoms with Crippen molar-refractivity contribution in [2.45, 2.75) is 0 Å². The average Bonchev–Trinajstić information content (AvgIpc) is 2.37. The smallest absolute Gasteiger partial charge is 0.187 e. The Balaban J connectivity index is 2.30. The summed E-state index contributed by atoms with van der Waals surface area (Å²) in [5.74, 6) is -0.852. The van der Waals surface area contributed by atoms with Crippen LogP contribution in [-0.4, -0.2) is 5.78 Å². The second-order valence-electron chi connectivity index (χ2n) is 3.96. The zero-order chi connectivity index (χ0) is 14.7. The van der Waals surface area contributed by atoms with Crippen molar-refractivity contribution in [3.63, 3.8) is 0 Å². The molecule has 0 unspecified atom stereocenters. The summed E-state index contributed by atoms with van der Waals surface area (Å²) in [6, 6.07) is 8.85. The summed E-state index contributed by atoms with van der Waals surface area (Å²) in [7, 11) is 0. The van der Waals surface area contributed by atoms with E-state index in [0.29, 0.717) is 10.6 Å². The van der Waals surface area contributed by atoms with Crippen molar-refractivity contribution in [2.24, 2.45) is 0 Å². The Morgan fingerprint density at radius 1 is 1.05 bits per heavy atom. The summed E-state index contributed by atoms with van der Waals surface area (Å²) in [5, 5.41) is 0.913. The summed E-state index contributed by atoms with van der Waals surface area (Å²) in [6.07, 6.45) is 2.55. The Bertz CT molecular complexity index is 675. The molecule has 0 saturated carbocycles. The third-order valence-corrected chi connectivity index (χ3v) is 3.48. The number of allylic oxidation sites excluding steroid dienone is 1. The van der Waals surface area contributed by atoms with Gasteiger partial charge in [0.25, 0.3) is 0 Å². The van der Waals surface area contributed by atoms with Crippen LogP contribution >= 0.6 is 34.8 Å². The van der Waals surface area contributed by atoms with Crippen LogP contribution in [0.5, 0.6) is 0 Å². The van der Waals surface area contributed by atoms with Crippen molar-refractivity contribution in [2.75, 3.05) is 0 Å². The first-order valence-corrected chi connectivity index (χ1v) is 6.74. The highest BCUT2D eigenvalue weighted by atomic mass is 35.5. The molecule has 0 atom stereocenters. The molecule has 1 nitrogen and oxygen atoms in total. The van der Waals surface area contributed by atoms with Gasteiger partial charge in [-0.05, 0) is 42.5 Å². The van der Waals surface area contributed by atoms with Gasteiger partial charge in [-0.25, -0.2) is 4.39 Å². The van der Waals surface area contributed by atoms with E-state index in [9.17, 15) is 9.18 Å². The van der Waals surface area contributed by atoms with Crippen LogP contribution in [0.25, 0.3) is 6.08 Å².